The van der Waals surface area contributed by atoms with E-state index in [1.807, 2.05) is 0 Å². The molecule has 1 aromatic carbocycles. The number of aldehydes is 1. The fraction of sp³-hybridized carbons (Fsp3) is 0.417. The highest BCUT2D eigenvalue weighted by Crippen LogP contribution is 2.25. The van der Waals surface area contributed by atoms with E-state index in [0.29, 0.717) is 11.3 Å². The summed E-state index contributed by atoms with van der Waals surface area (Å²) in [5.74, 6) is 0.443. The van der Waals surface area contributed by atoms with Gasteiger partial charge in [-0.2, -0.15) is 0 Å². The molecule has 0 saturated heterocycles. The van der Waals surface area contributed by atoms with Crippen LogP contribution >= 0.6 is 0 Å². The second-order valence-electron chi connectivity index (χ2n) is 3.27. The van der Waals surface area contributed by atoms with Crippen LogP contribution in [0.5, 0.6) is 5.75 Å². The fourth-order valence-corrected chi connectivity index (χ4v) is 1.41. The van der Waals surface area contributed by atoms with Crippen LogP contribution in [0.3, 0.4) is 0 Å². The largest absolute Gasteiger partial charge is 0.467 e. The zero-order valence-electron chi connectivity index (χ0n) is 10.1. The van der Waals surface area contributed by atoms with Gasteiger partial charge in [0.05, 0.1) is 5.56 Å². The summed E-state index contributed by atoms with van der Waals surface area (Å²) in [6.07, 6.45) is 0.240. The highest BCUT2D eigenvalue weighted by molar-refractivity contribution is 5.79. The van der Waals surface area contributed by atoms with Gasteiger partial charge in [0.1, 0.15) is 5.75 Å². The Morgan fingerprint density at radius 1 is 1.24 bits per heavy atom. The van der Waals surface area contributed by atoms with Crippen molar-refractivity contribution in [2.75, 3.05) is 28.1 Å². The lowest BCUT2D eigenvalue weighted by atomic mass is 10.1. The number of benzene rings is 1. The van der Waals surface area contributed by atoms with Crippen molar-refractivity contribution in [3.8, 4) is 5.75 Å². The molecule has 0 aromatic heterocycles. The number of hydrogen-bond donors (Lipinski definition) is 0. The molecule has 1 aromatic rings. The number of rotatable bonds is 7. The number of carbonyl (C=O) groups is 1. The standard InChI is InChI=1S/C12H16O5/c1-14-8-17-11-6-9(12(15-2)16-3)4-5-10(11)7-13/h4-7,12H,8H2,1-3H3. The average Bonchev–Trinajstić information content (AvgIpc) is 2.38. The summed E-state index contributed by atoms with van der Waals surface area (Å²) in [7, 11) is 4.59. The minimum Gasteiger partial charge on any atom is -0.467 e. The minimum absolute atomic E-state index is 0.0783. The zero-order valence-corrected chi connectivity index (χ0v) is 10.1. The second kappa shape index (κ2) is 7.01. The van der Waals surface area contributed by atoms with Crippen molar-refractivity contribution in [3.63, 3.8) is 0 Å². The normalized spacial score (nSPS) is 10.6. The number of ether oxygens (including phenoxy) is 4. The maximum absolute atomic E-state index is 10.8. The number of hydrogen-bond acceptors (Lipinski definition) is 5. The molecule has 0 aliphatic carbocycles. The van der Waals surface area contributed by atoms with Crippen LogP contribution < -0.4 is 4.74 Å². The monoisotopic (exact) mass is 240 g/mol. The third-order valence-electron chi connectivity index (χ3n) is 2.20. The Hall–Kier alpha value is -1.43. The lowest BCUT2D eigenvalue weighted by molar-refractivity contribution is -0.106. The Balaban J connectivity index is 2.98. The van der Waals surface area contributed by atoms with Gasteiger partial charge in [0.2, 0.25) is 0 Å². The smallest absolute Gasteiger partial charge is 0.188 e. The van der Waals surface area contributed by atoms with E-state index in [0.717, 1.165) is 11.8 Å². The van der Waals surface area contributed by atoms with Gasteiger partial charge in [0.25, 0.3) is 0 Å². The van der Waals surface area contributed by atoms with E-state index < -0.39 is 6.29 Å². The molecule has 0 fully saturated rings. The summed E-state index contributed by atoms with van der Waals surface area (Å²) in [4.78, 5) is 10.8. The zero-order chi connectivity index (χ0) is 12.7. The minimum atomic E-state index is -0.486. The molecule has 0 spiro atoms. The van der Waals surface area contributed by atoms with Gasteiger partial charge in [-0.3, -0.25) is 4.79 Å². The predicted octanol–water partition coefficient (Wildman–Crippen LogP) is 1.77. The van der Waals surface area contributed by atoms with Gasteiger partial charge in [-0.1, -0.05) is 6.07 Å². The van der Waals surface area contributed by atoms with Crippen LogP contribution in [0.15, 0.2) is 18.2 Å². The van der Waals surface area contributed by atoms with Crippen molar-refractivity contribution in [2.24, 2.45) is 0 Å². The lowest BCUT2D eigenvalue weighted by Crippen LogP contribution is -2.06. The summed E-state index contributed by atoms with van der Waals surface area (Å²) in [5.41, 5.74) is 1.23. The molecule has 0 radical (unpaired) electrons. The highest BCUT2D eigenvalue weighted by atomic mass is 16.7. The Morgan fingerprint density at radius 3 is 2.47 bits per heavy atom. The van der Waals surface area contributed by atoms with Crippen molar-refractivity contribution in [3.05, 3.63) is 29.3 Å². The summed E-state index contributed by atoms with van der Waals surface area (Å²) < 4.78 is 20.3. The maximum atomic E-state index is 10.8. The van der Waals surface area contributed by atoms with Crippen LogP contribution in [0.4, 0.5) is 0 Å². The van der Waals surface area contributed by atoms with E-state index in [1.54, 1.807) is 18.2 Å². The molecule has 0 heterocycles. The molecule has 5 nitrogen and oxygen atoms in total. The third-order valence-corrected chi connectivity index (χ3v) is 2.20. The Bertz CT molecular complexity index is 360. The molecule has 0 aliphatic heterocycles. The lowest BCUT2D eigenvalue weighted by Gasteiger charge is -2.15. The molecule has 5 heteroatoms. The first-order chi connectivity index (χ1) is 8.26. The van der Waals surface area contributed by atoms with E-state index in [2.05, 4.69) is 0 Å². The first-order valence-electron chi connectivity index (χ1n) is 5.03. The first-order valence-corrected chi connectivity index (χ1v) is 5.03. The van der Waals surface area contributed by atoms with Crippen LogP contribution in [-0.4, -0.2) is 34.4 Å². The number of methoxy groups -OCH3 is 3. The summed E-state index contributed by atoms with van der Waals surface area (Å²) in [5, 5.41) is 0. The topological polar surface area (TPSA) is 54.0 Å². The van der Waals surface area contributed by atoms with E-state index in [4.69, 9.17) is 18.9 Å². The molecule has 0 aliphatic rings. The molecule has 0 amide bonds. The van der Waals surface area contributed by atoms with Gasteiger partial charge in [-0.25, -0.2) is 0 Å². The van der Waals surface area contributed by atoms with Crippen molar-refractivity contribution >= 4 is 6.29 Å². The molecular formula is C12H16O5. The van der Waals surface area contributed by atoms with Gasteiger partial charge >= 0.3 is 0 Å². The Labute approximate surface area is 100 Å². The molecule has 17 heavy (non-hydrogen) atoms. The summed E-state index contributed by atoms with van der Waals surface area (Å²) in [6.45, 7) is 0.0783. The predicted molar refractivity (Wildman–Crippen MR) is 61.1 cm³/mol. The highest BCUT2D eigenvalue weighted by Gasteiger charge is 2.12. The van der Waals surface area contributed by atoms with Gasteiger partial charge < -0.3 is 18.9 Å². The first kappa shape index (κ1) is 13.6. The van der Waals surface area contributed by atoms with Gasteiger partial charge in [0, 0.05) is 26.9 Å². The quantitative estimate of drug-likeness (QED) is 0.537. The molecule has 0 N–H and O–H groups in total. The van der Waals surface area contributed by atoms with Crippen LogP contribution in [0, 0.1) is 0 Å². The summed E-state index contributed by atoms with van der Waals surface area (Å²) >= 11 is 0. The second-order valence-corrected chi connectivity index (χ2v) is 3.27. The Kier molecular flexibility index (Phi) is 5.62. The van der Waals surface area contributed by atoms with E-state index in [-0.39, 0.29) is 6.79 Å². The van der Waals surface area contributed by atoms with Crippen molar-refractivity contribution in [1.29, 1.82) is 0 Å². The van der Waals surface area contributed by atoms with E-state index in [9.17, 15) is 4.79 Å². The Morgan fingerprint density at radius 2 is 1.94 bits per heavy atom. The molecule has 1 rings (SSSR count). The van der Waals surface area contributed by atoms with Crippen molar-refractivity contribution in [1.82, 2.24) is 0 Å². The van der Waals surface area contributed by atoms with Gasteiger partial charge in [0.15, 0.2) is 19.4 Å². The third kappa shape index (κ3) is 3.52. The van der Waals surface area contributed by atoms with Crippen LogP contribution in [0.1, 0.15) is 22.2 Å². The van der Waals surface area contributed by atoms with E-state index >= 15 is 0 Å². The average molecular weight is 240 g/mol. The van der Waals surface area contributed by atoms with E-state index in [1.165, 1.54) is 21.3 Å². The molecule has 0 bridgehead atoms. The molecular weight excluding hydrogens is 224 g/mol. The summed E-state index contributed by atoms with van der Waals surface area (Å²) in [6, 6.07) is 5.10. The van der Waals surface area contributed by atoms with Crippen LogP contribution in [0.25, 0.3) is 0 Å². The fourth-order valence-electron chi connectivity index (χ4n) is 1.41. The maximum Gasteiger partial charge on any atom is 0.188 e. The molecule has 0 saturated carbocycles. The SMILES string of the molecule is COCOc1cc(C(OC)OC)ccc1C=O. The number of carbonyl (C=O) groups excluding carboxylic acids is 1. The van der Waals surface area contributed by atoms with Crippen molar-refractivity contribution in [2.45, 2.75) is 6.29 Å². The van der Waals surface area contributed by atoms with Gasteiger partial charge in [-0.15, -0.1) is 0 Å². The molecule has 94 valence electrons. The molecule has 0 atom stereocenters. The molecule has 0 unspecified atom stereocenters. The van der Waals surface area contributed by atoms with Gasteiger partial charge in [-0.05, 0) is 12.1 Å². The van der Waals surface area contributed by atoms with Crippen LogP contribution in [0.2, 0.25) is 0 Å². The van der Waals surface area contributed by atoms with Crippen molar-refractivity contribution < 1.29 is 23.7 Å². The van der Waals surface area contributed by atoms with Crippen LogP contribution in [-0.2, 0) is 14.2 Å².